The average Bonchev–Trinajstić information content (AvgIpc) is 2.72. The lowest BCUT2D eigenvalue weighted by molar-refractivity contribution is -0.137. The summed E-state index contributed by atoms with van der Waals surface area (Å²) in [5, 5.41) is 3.06. The van der Waals surface area contributed by atoms with E-state index in [9.17, 15) is 13.2 Å². The van der Waals surface area contributed by atoms with Crippen LogP contribution in [0, 0.1) is 5.92 Å². The molecular weight excluding hydrogens is 520 g/mol. The quantitative estimate of drug-likeness (QED) is 0.309. The van der Waals surface area contributed by atoms with E-state index in [1.807, 2.05) is 31.3 Å². The molecule has 3 rings (SSSR count). The monoisotopic (exact) mass is 548 g/mol. The van der Waals surface area contributed by atoms with Gasteiger partial charge in [0.2, 0.25) is 0 Å². The largest absolute Gasteiger partial charge is 0.495 e. The average molecular weight is 548 g/mol. The maximum Gasteiger partial charge on any atom is 0.416 e. The molecule has 1 heterocycles. The van der Waals surface area contributed by atoms with Gasteiger partial charge in [0.15, 0.2) is 5.96 Å². The van der Waals surface area contributed by atoms with Crippen molar-refractivity contribution in [1.29, 1.82) is 0 Å². The minimum Gasteiger partial charge on any atom is -0.495 e. The highest BCUT2D eigenvalue weighted by Gasteiger charge is 2.33. The summed E-state index contributed by atoms with van der Waals surface area (Å²) in [6, 6.07) is 12.8. The van der Waals surface area contributed by atoms with E-state index in [4.69, 9.17) is 10.5 Å². The van der Waals surface area contributed by atoms with Crippen LogP contribution in [0.1, 0.15) is 30.0 Å². The Balaban J connectivity index is 0.00000341. The minimum atomic E-state index is -4.33. The molecule has 2 aromatic rings. The zero-order valence-corrected chi connectivity index (χ0v) is 19.9. The third-order valence-electron chi connectivity index (χ3n) is 5.45. The molecule has 3 N–H and O–H groups in total. The molecule has 0 spiro atoms. The molecule has 2 aromatic carbocycles. The number of ether oxygens (including phenoxy) is 1. The van der Waals surface area contributed by atoms with Crippen LogP contribution in [0.2, 0.25) is 0 Å². The molecule has 0 amide bonds. The Morgan fingerprint density at radius 2 is 1.87 bits per heavy atom. The Morgan fingerprint density at radius 3 is 2.52 bits per heavy atom. The van der Waals surface area contributed by atoms with E-state index in [0.29, 0.717) is 12.3 Å². The molecule has 2 atom stereocenters. The van der Waals surface area contributed by atoms with E-state index in [1.54, 1.807) is 19.2 Å². The van der Waals surface area contributed by atoms with Crippen LogP contribution >= 0.6 is 24.0 Å². The summed E-state index contributed by atoms with van der Waals surface area (Å²) in [6.45, 7) is 1.37. The van der Waals surface area contributed by atoms with Gasteiger partial charge in [-0.3, -0.25) is 9.89 Å². The number of hydrogen-bond donors (Lipinski definition) is 2. The number of aliphatic imine (C=N–C) groups is 1. The smallest absolute Gasteiger partial charge is 0.416 e. The Morgan fingerprint density at radius 1 is 1.19 bits per heavy atom. The number of nitrogens with one attached hydrogen (secondary N) is 1. The van der Waals surface area contributed by atoms with Crippen LogP contribution in [0.5, 0.6) is 5.75 Å². The zero-order chi connectivity index (χ0) is 21.7. The molecule has 0 saturated carbocycles. The molecule has 1 saturated heterocycles. The standard InChI is InChI=1S/C22H27F3N4O.HI/c1-29-13-5-6-16(20(29)15-9-11-17(12-10-15)22(23,24)25)14-27-21(26)28-18-7-3-4-8-19(18)30-2;/h3-4,7-12,16,20H,5-6,13-14H2,1-2H3,(H3,26,27,28);1H. The lowest BCUT2D eigenvalue weighted by Gasteiger charge is -2.39. The Hall–Kier alpha value is -2.01. The lowest BCUT2D eigenvalue weighted by Crippen LogP contribution is -2.38. The van der Waals surface area contributed by atoms with Gasteiger partial charge in [-0.1, -0.05) is 24.3 Å². The number of piperidine rings is 1. The first-order valence-corrected chi connectivity index (χ1v) is 9.87. The van der Waals surface area contributed by atoms with Crippen molar-refractivity contribution in [3.8, 4) is 5.75 Å². The van der Waals surface area contributed by atoms with Crippen molar-refractivity contribution in [3.05, 3.63) is 59.7 Å². The summed E-state index contributed by atoms with van der Waals surface area (Å²) in [5.74, 6) is 1.09. The van der Waals surface area contributed by atoms with E-state index < -0.39 is 11.7 Å². The Kier molecular flexibility index (Phi) is 8.99. The lowest BCUT2D eigenvalue weighted by atomic mass is 9.84. The van der Waals surface area contributed by atoms with Gasteiger partial charge in [-0.25, -0.2) is 0 Å². The summed E-state index contributed by atoms with van der Waals surface area (Å²) in [4.78, 5) is 6.68. The van der Waals surface area contributed by atoms with Gasteiger partial charge in [-0.2, -0.15) is 13.2 Å². The normalized spacial score (nSPS) is 20.1. The van der Waals surface area contributed by atoms with Gasteiger partial charge >= 0.3 is 6.18 Å². The number of alkyl halides is 3. The van der Waals surface area contributed by atoms with Crippen LogP contribution in [0.25, 0.3) is 0 Å². The summed E-state index contributed by atoms with van der Waals surface area (Å²) in [6.07, 6.45) is -2.39. The number of likely N-dealkylation sites (tertiary alicyclic amines) is 1. The Labute approximate surface area is 197 Å². The maximum atomic E-state index is 12.9. The predicted molar refractivity (Wildman–Crippen MR) is 128 cm³/mol. The fraction of sp³-hybridized carbons (Fsp3) is 0.409. The SMILES string of the molecule is COc1ccccc1NC(N)=NCC1CCCN(C)C1c1ccc(C(F)(F)F)cc1.I. The number of para-hydroxylation sites is 2. The second-order valence-corrected chi connectivity index (χ2v) is 7.50. The predicted octanol–water partition coefficient (Wildman–Crippen LogP) is 5.14. The van der Waals surface area contributed by atoms with Crippen molar-refractivity contribution in [2.45, 2.75) is 25.1 Å². The molecule has 0 bridgehead atoms. The molecule has 170 valence electrons. The highest BCUT2D eigenvalue weighted by Crippen LogP contribution is 2.37. The fourth-order valence-electron chi connectivity index (χ4n) is 3.99. The van der Waals surface area contributed by atoms with E-state index in [0.717, 1.165) is 42.8 Å². The molecule has 31 heavy (non-hydrogen) atoms. The second-order valence-electron chi connectivity index (χ2n) is 7.50. The number of rotatable bonds is 5. The first-order valence-electron chi connectivity index (χ1n) is 9.87. The van der Waals surface area contributed by atoms with Crippen LogP contribution < -0.4 is 15.8 Å². The highest BCUT2D eigenvalue weighted by molar-refractivity contribution is 14.0. The van der Waals surface area contributed by atoms with Crippen molar-refractivity contribution in [1.82, 2.24) is 4.90 Å². The molecule has 5 nitrogen and oxygen atoms in total. The van der Waals surface area contributed by atoms with Gasteiger partial charge in [0.1, 0.15) is 5.75 Å². The van der Waals surface area contributed by atoms with Gasteiger partial charge in [0.05, 0.1) is 18.4 Å². The summed E-state index contributed by atoms with van der Waals surface area (Å²) in [5.41, 5.74) is 7.03. The molecular formula is C22H28F3IN4O. The number of anilines is 1. The summed E-state index contributed by atoms with van der Waals surface area (Å²) < 4.78 is 44.0. The molecule has 1 fully saturated rings. The van der Waals surface area contributed by atoms with E-state index in [2.05, 4.69) is 15.2 Å². The first-order chi connectivity index (χ1) is 14.3. The Bertz CT molecular complexity index is 874. The first kappa shape index (κ1) is 25.3. The fourth-order valence-corrected chi connectivity index (χ4v) is 3.99. The molecule has 0 aliphatic carbocycles. The number of benzene rings is 2. The van der Waals surface area contributed by atoms with E-state index >= 15 is 0 Å². The molecule has 0 radical (unpaired) electrons. The third kappa shape index (κ3) is 6.49. The topological polar surface area (TPSA) is 62.9 Å². The highest BCUT2D eigenvalue weighted by atomic mass is 127. The van der Waals surface area contributed by atoms with E-state index in [1.165, 1.54) is 0 Å². The van der Waals surface area contributed by atoms with Gasteiger partial charge < -0.3 is 15.8 Å². The van der Waals surface area contributed by atoms with Gasteiger partial charge in [-0.05, 0) is 62.2 Å². The molecule has 1 aliphatic heterocycles. The number of guanidine groups is 1. The zero-order valence-electron chi connectivity index (χ0n) is 17.5. The van der Waals surface area contributed by atoms with Gasteiger partial charge in [0.25, 0.3) is 0 Å². The number of nitrogens with zero attached hydrogens (tertiary/aromatic N) is 2. The summed E-state index contributed by atoms with van der Waals surface area (Å²) in [7, 11) is 3.58. The molecule has 2 unspecified atom stereocenters. The number of methoxy groups -OCH3 is 1. The van der Waals surface area contributed by atoms with Crippen LogP contribution in [0.4, 0.5) is 18.9 Å². The van der Waals surface area contributed by atoms with Crippen molar-refractivity contribution in [2.75, 3.05) is 32.6 Å². The van der Waals surface area contributed by atoms with Crippen molar-refractivity contribution in [2.24, 2.45) is 16.6 Å². The van der Waals surface area contributed by atoms with Crippen LogP contribution in [0.15, 0.2) is 53.5 Å². The number of nitrogens with two attached hydrogens (primary N) is 1. The van der Waals surface area contributed by atoms with Gasteiger partial charge in [-0.15, -0.1) is 24.0 Å². The summed E-state index contributed by atoms with van der Waals surface area (Å²) >= 11 is 0. The molecule has 0 aromatic heterocycles. The number of halogens is 4. The van der Waals surface area contributed by atoms with Gasteiger partial charge in [0, 0.05) is 12.6 Å². The van der Waals surface area contributed by atoms with E-state index in [-0.39, 0.29) is 41.9 Å². The van der Waals surface area contributed by atoms with Crippen LogP contribution in [-0.2, 0) is 6.18 Å². The number of hydrogen-bond acceptors (Lipinski definition) is 3. The maximum absolute atomic E-state index is 12.9. The third-order valence-corrected chi connectivity index (χ3v) is 5.45. The molecule has 1 aliphatic rings. The minimum absolute atomic E-state index is 0. The second kappa shape index (κ2) is 11.0. The van der Waals surface area contributed by atoms with Crippen molar-refractivity contribution >= 4 is 35.6 Å². The van der Waals surface area contributed by atoms with Crippen molar-refractivity contribution in [3.63, 3.8) is 0 Å². The molecule has 9 heteroatoms. The van der Waals surface area contributed by atoms with Crippen LogP contribution in [-0.4, -0.2) is 38.1 Å². The van der Waals surface area contributed by atoms with Crippen molar-refractivity contribution < 1.29 is 17.9 Å². The van der Waals surface area contributed by atoms with Crippen LogP contribution in [0.3, 0.4) is 0 Å².